The normalized spacial score (nSPS) is 17.2. The zero-order valence-electron chi connectivity index (χ0n) is 20.2. The lowest BCUT2D eigenvalue weighted by Crippen LogP contribution is -2.29. The van der Waals surface area contributed by atoms with Gasteiger partial charge >= 0.3 is 11.9 Å². The molecule has 0 bridgehead atoms. The van der Waals surface area contributed by atoms with Gasteiger partial charge in [-0.3, -0.25) is 14.5 Å². The number of anilines is 1. The number of hydrogen-bond donors (Lipinski definition) is 1. The van der Waals surface area contributed by atoms with Crippen molar-refractivity contribution in [3.05, 3.63) is 86.4 Å². The van der Waals surface area contributed by atoms with Gasteiger partial charge in [-0.05, 0) is 49.9 Å². The van der Waals surface area contributed by atoms with Crippen molar-refractivity contribution in [2.45, 2.75) is 40.2 Å². The van der Waals surface area contributed by atoms with Gasteiger partial charge in [-0.1, -0.05) is 60.2 Å². The summed E-state index contributed by atoms with van der Waals surface area (Å²) < 4.78 is 4.83. The van der Waals surface area contributed by atoms with Gasteiger partial charge in [0.1, 0.15) is 10.6 Å². The number of nitrogens with zero attached hydrogens (tertiary/aromatic N) is 2. The first kappa shape index (κ1) is 24.3. The first-order chi connectivity index (χ1) is 16.7. The van der Waals surface area contributed by atoms with Crippen LogP contribution in [0.2, 0.25) is 0 Å². The number of carbonyl (C=O) groups excluding carboxylic acids is 3. The van der Waals surface area contributed by atoms with Gasteiger partial charge in [0, 0.05) is 5.56 Å². The van der Waals surface area contributed by atoms with E-state index in [1.54, 1.807) is 13.0 Å². The van der Waals surface area contributed by atoms with Crippen LogP contribution >= 0.6 is 11.3 Å². The highest BCUT2D eigenvalue weighted by Gasteiger charge is 2.48. The SMILES string of the molecule is CCc1ccc(C2C(=C(O)c3cc(C)ccc3C)C(=O)C(=O)N2c2nc(C)c(C(=O)OC)s2)cc1. The number of esters is 1. The second-order valence-corrected chi connectivity index (χ2v) is 9.46. The molecule has 1 atom stereocenters. The Labute approximate surface area is 207 Å². The van der Waals surface area contributed by atoms with E-state index in [1.165, 1.54) is 12.0 Å². The molecule has 0 spiro atoms. The molecule has 180 valence electrons. The van der Waals surface area contributed by atoms with E-state index in [2.05, 4.69) is 4.98 Å². The summed E-state index contributed by atoms with van der Waals surface area (Å²) in [6.07, 6.45) is 0.830. The molecule has 1 saturated heterocycles. The largest absolute Gasteiger partial charge is 0.507 e. The summed E-state index contributed by atoms with van der Waals surface area (Å²) >= 11 is 0.979. The number of amides is 1. The number of aliphatic hydroxyl groups is 1. The number of aliphatic hydroxyl groups excluding tert-OH is 1. The number of aromatic nitrogens is 1. The maximum atomic E-state index is 13.4. The van der Waals surface area contributed by atoms with Crippen LogP contribution in [0.5, 0.6) is 0 Å². The van der Waals surface area contributed by atoms with Crippen LogP contribution in [-0.4, -0.2) is 34.9 Å². The zero-order valence-corrected chi connectivity index (χ0v) is 21.0. The molecule has 35 heavy (non-hydrogen) atoms. The lowest BCUT2D eigenvalue weighted by atomic mass is 9.93. The third-order valence-electron chi connectivity index (χ3n) is 6.16. The van der Waals surface area contributed by atoms with Crippen LogP contribution in [-0.2, 0) is 20.7 Å². The topological polar surface area (TPSA) is 96.8 Å². The number of carbonyl (C=O) groups is 3. The summed E-state index contributed by atoms with van der Waals surface area (Å²) in [6, 6.07) is 12.2. The third kappa shape index (κ3) is 4.25. The maximum absolute atomic E-state index is 13.4. The van der Waals surface area contributed by atoms with E-state index in [1.807, 2.05) is 57.2 Å². The predicted octanol–water partition coefficient (Wildman–Crippen LogP) is 5.04. The van der Waals surface area contributed by atoms with Crippen LogP contribution in [0.1, 0.15) is 56.1 Å². The minimum absolute atomic E-state index is 0.0135. The van der Waals surface area contributed by atoms with E-state index in [4.69, 9.17) is 4.74 Å². The number of ketones is 1. The molecule has 7 nitrogen and oxygen atoms in total. The predicted molar refractivity (Wildman–Crippen MR) is 135 cm³/mol. The summed E-state index contributed by atoms with van der Waals surface area (Å²) in [4.78, 5) is 44.8. The van der Waals surface area contributed by atoms with E-state index < -0.39 is 23.7 Å². The lowest BCUT2D eigenvalue weighted by Gasteiger charge is -2.23. The third-order valence-corrected chi connectivity index (χ3v) is 7.30. The molecule has 0 aliphatic carbocycles. The fourth-order valence-electron chi connectivity index (χ4n) is 4.18. The Morgan fingerprint density at radius 3 is 2.43 bits per heavy atom. The van der Waals surface area contributed by atoms with Gasteiger partial charge in [0.05, 0.1) is 24.4 Å². The molecule has 1 N–H and O–H groups in total. The van der Waals surface area contributed by atoms with Gasteiger partial charge in [0.2, 0.25) is 0 Å². The first-order valence-electron chi connectivity index (χ1n) is 11.2. The molecule has 3 aromatic rings. The van der Waals surface area contributed by atoms with Gasteiger partial charge < -0.3 is 9.84 Å². The number of rotatable bonds is 5. The van der Waals surface area contributed by atoms with E-state index in [0.717, 1.165) is 34.4 Å². The molecular weight excluding hydrogens is 464 g/mol. The smallest absolute Gasteiger partial charge is 0.350 e. The second kappa shape index (κ2) is 9.46. The molecule has 1 aliphatic rings. The fourth-order valence-corrected chi connectivity index (χ4v) is 5.20. The number of hydrogen-bond acceptors (Lipinski definition) is 7. The van der Waals surface area contributed by atoms with E-state index in [-0.39, 0.29) is 21.3 Å². The molecule has 1 aromatic heterocycles. The van der Waals surface area contributed by atoms with Crippen LogP contribution in [0.4, 0.5) is 5.13 Å². The summed E-state index contributed by atoms with van der Waals surface area (Å²) in [5.41, 5.74) is 4.31. The minimum atomic E-state index is -0.906. The van der Waals surface area contributed by atoms with Gasteiger partial charge in [-0.2, -0.15) is 0 Å². The van der Waals surface area contributed by atoms with Crippen molar-refractivity contribution in [2.24, 2.45) is 0 Å². The minimum Gasteiger partial charge on any atom is -0.507 e. The van der Waals surface area contributed by atoms with Crippen molar-refractivity contribution >= 4 is 39.9 Å². The molecule has 4 rings (SSSR count). The highest BCUT2D eigenvalue weighted by Crippen LogP contribution is 2.44. The Morgan fingerprint density at radius 2 is 1.80 bits per heavy atom. The fraction of sp³-hybridized carbons (Fsp3) is 0.259. The van der Waals surface area contributed by atoms with E-state index in [9.17, 15) is 19.5 Å². The number of benzene rings is 2. The van der Waals surface area contributed by atoms with Gasteiger partial charge in [0.25, 0.3) is 5.78 Å². The summed E-state index contributed by atoms with van der Waals surface area (Å²) in [7, 11) is 1.27. The highest BCUT2D eigenvalue weighted by atomic mass is 32.1. The molecular formula is C27H26N2O5S. The quantitative estimate of drug-likeness (QED) is 0.233. The number of Topliss-reactive ketones (excluding diaryl/α,β-unsaturated/α-hetero) is 1. The summed E-state index contributed by atoms with van der Waals surface area (Å²) in [5.74, 6) is -2.42. The average molecular weight is 491 g/mol. The highest BCUT2D eigenvalue weighted by molar-refractivity contribution is 7.17. The Bertz CT molecular complexity index is 1370. The summed E-state index contributed by atoms with van der Waals surface area (Å²) in [6.45, 7) is 7.41. The molecule has 0 saturated carbocycles. The standard InChI is InChI=1S/C27H26N2O5S/c1-6-17-9-11-18(12-10-17)21-20(22(30)19-13-14(2)7-8-15(19)3)23(31)25(32)29(21)27-28-16(4)24(35-27)26(33)34-5/h7-13,21,30H,6H2,1-5H3. The van der Waals surface area contributed by atoms with E-state index >= 15 is 0 Å². The number of methoxy groups -OCH3 is 1. The number of thiazole rings is 1. The molecule has 2 heterocycles. The van der Waals surface area contributed by atoms with Gasteiger partial charge in [-0.25, -0.2) is 9.78 Å². The lowest BCUT2D eigenvalue weighted by molar-refractivity contribution is -0.132. The molecule has 1 amide bonds. The first-order valence-corrected chi connectivity index (χ1v) is 12.0. The molecule has 1 fully saturated rings. The Hall–Kier alpha value is -3.78. The molecule has 0 radical (unpaired) electrons. The second-order valence-electron chi connectivity index (χ2n) is 8.49. The molecule has 2 aromatic carbocycles. The van der Waals surface area contributed by atoms with Crippen LogP contribution < -0.4 is 4.90 Å². The Morgan fingerprint density at radius 1 is 1.11 bits per heavy atom. The number of aryl methyl sites for hydroxylation is 4. The van der Waals surface area contributed by atoms with Gasteiger partial charge in [0.15, 0.2) is 5.13 Å². The van der Waals surface area contributed by atoms with Crippen LogP contribution in [0, 0.1) is 20.8 Å². The van der Waals surface area contributed by atoms with E-state index in [0.29, 0.717) is 16.8 Å². The van der Waals surface area contributed by atoms with Crippen molar-refractivity contribution in [3.8, 4) is 0 Å². The van der Waals surface area contributed by atoms with Crippen molar-refractivity contribution < 1.29 is 24.2 Å². The molecule has 8 heteroatoms. The maximum Gasteiger partial charge on any atom is 0.350 e. The Balaban J connectivity index is 1.96. The van der Waals surface area contributed by atoms with Gasteiger partial charge in [-0.15, -0.1) is 0 Å². The zero-order chi connectivity index (χ0) is 25.4. The summed E-state index contributed by atoms with van der Waals surface area (Å²) in [5, 5.41) is 11.6. The van der Waals surface area contributed by atoms with Crippen molar-refractivity contribution in [1.82, 2.24) is 4.98 Å². The molecule has 1 unspecified atom stereocenters. The van der Waals surface area contributed by atoms with Crippen LogP contribution in [0.3, 0.4) is 0 Å². The Kier molecular flexibility index (Phi) is 6.58. The number of ether oxygens (including phenoxy) is 1. The van der Waals surface area contributed by atoms with Crippen molar-refractivity contribution in [1.29, 1.82) is 0 Å². The van der Waals surface area contributed by atoms with Crippen molar-refractivity contribution in [2.75, 3.05) is 12.0 Å². The molecule has 1 aliphatic heterocycles. The van der Waals surface area contributed by atoms with Crippen molar-refractivity contribution in [3.63, 3.8) is 0 Å². The average Bonchev–Trinajstić information content (AvgIpc) is 3.36. The van der Waals surface area contributed by atoms with Crippen LogP contribution in [0.25, 0.3) is 5.76 Å². The monoisotopic (exact) mass is 490 g/mol. The van der Waals surface area contributed by atoms with Crippen LogP contribution in [0.15, 0.2) is 48.0 Å².